The highest BCUT2D eigenvalue weighted by Gasteiger charge is 2.20. The molecule has 1 aromatic carbocycles. The van der Waals surface area contributed by atoms with Crippen molar-refractivity contribution in [2.45, 2.75) is 6.04 Å². The molecule has 16 heavy (non-hydrogen) atoms. The van der Waals surface area contributed by atoms with Crippen molar-refractivity contribution in [1.82, 2.24) is 14.9 Å². The van der Waals surface area contributed by atoms with Gasteiger partial charge >= 0.3 is 0 Å². The van der Waals surface area contributed by atoms with E-state index in [0.717, 1.165) is 13.1 Å². The Balaban J connectivity index is 2.27. The van der Waals surface area contributed by atoms with Gasteiger partial charge in [-0.1, -0.05) is 6.07 Å². The van der Waals surface area contributed by atoms with E-state index >= 15 is 0 Å². The second kappa shape index (κ2) is 3.38. The maximum Gasteiger partial charge on any atom is 0.261 e. The topological polar surface area (TPSA) is 46.9 Å². The zero-order valence-electron chi connectivity index (χ0n) is 8.48. The average molecular weight is 219 g/mol. The van der Waals surface area contributed by atoms with Crippen LogP contribution in [0.5, 0.6) is 0 Å². The first-order valence-electron chi connectivity index (χ1n) is 5.13. The Kier molecular flexibility index (Phi) is 2.00. The lowest BCUT2D eigenvalue weighted by atomic mass is 10.1. The van der Waals surface area contributed by atoms with Crippen molar-refractivity contribution in [3.63, 3.8) is 0 Å². The van der Waals surface area contributed by atoms with Crippen LogP contribution in [0, 0.1) is 5.82 Å². The first-order valence-corrected chi connectivity index (χ1v) is 5.13. The van der Waals surface area contributed by atoms with Crippen LogP contribution in [0.4, 0.5) is 4.39 Å². The number of fused-ring (bicyclic) bond motifs is 1. The lowest BCUT2D eigenvalue weighted by molar-refractivity contribution is 0.334. The normalized spacial score (nSPS) is 16.3. The van der Waals surface area contributed by atoms with Gasteiger partial charge in [-0.05, 0) is 12.1 Å². The first-order chi connectivity index (χ1) is 7.77. The number of hydrogen-bond donors (Lipinski definition) is 1. The van der Waals surface area contributed by atoms with Gasteiger partial charge in [-0.15, -0.1) is 0 Å². The molecule has 2 heterocycles. The number of rotatable bonds is 1. The summed E-state index contributed by atoms with van der Waals surface area (Å²) in [6.07, 6.45) is 1.43. The second-order valence-electron chi connectivity index (χ2n) is 3.91. The monoisotopic (exact) mass is 219 g/mol. The van der Waals surface area contributed by atoms with Gasteiger partial charge in [0.2, 0.25) is 0 Å². The molecule has 5 heteroatoms. The van der Waals surface area contributed by atoms with Crippen LogP contribution < -0.4 is 10.9 Å². The third-order valence-corrected chi connectivity index (χ3v) is 2.92. The van der Waals surface area contributed by atoms with Gasteiger partial charge in [0.05, 0.1) is 17.8 Å². The molecule has 0 atom stereocenters. The van der Waals surface area contributed by atoms with Gasteiger partial charge in [0, 0.05) is 13.1 Å². The minimum atomic E-state index is -0.450. The summed E-state index contributed by atoms with van der Waals surface area (Å²) < 4.78 is 14.9. The fourth-order valence-corrected chi connectivity index (χ4v) is 1.86. The summed E-state index contributed by atoms with van der Waals surface area (Å²) in [5.41, 5.74) is -0.0213. The molecule has 1 aromatic heterocycles. The van der Waals surface area contributed by atoms with E-state index in [4.69, 9.17) is 0 Å². The van der Waals surface area contributed by atoms with Gasteiger partial charge in [-0.2, -0.15) is 0 Å². The van der Waals surface area contributed by atoms with E-state index < -0.39 is 5.82 Å². The molecule has 1 fully saturated rings. The number of benzene rings is 1. The molecule has 1 N–H and O–H groups in total. The number of hydrogen-bond acceptors (Lipinski definition) is 3. The average Bonchev–Trinajstić information content (AvgIpc) is 2.20. The predicted molar refractivity (Wildman–Crippen MR) is 57.9 cm³/mol. The smallest absolute Gasteiger partial charge is 0.261 e. The molecule has 82 valence electrons. The van der Waals surface area contributed by atoms with Gasteiger partial charge in [0.15, 0.2) is 0 Å². The number of halogens is 1. The fraction of sp³-hybridized carbons (Fsp3) is 0.273. The lowest BCUT2D eigenvalue weighted by Crippen LogP contribution is -2.46. The van der Waals surface area contributed by atoms with Crippen LogP contribution in [0.2, 0.25) is 0 Å². The van der Waals surface area contributed by atoms with E-state index in [1.165, 1.54) is 18.5 Å². The van der Waals surface area contributed by atoms with Gasteiger partial charge in [-0.25, -0.2) is 9.37 Å². The van der Waals surface area contributed by atoms with E-state index in [2.05, 4.69) is 10.3 Å². The van der Waals surface area contributed by atoms with Gasteiger partial charge < -0.3 is 5.32 Å². The van der Waals surface area contributed by atoms with Crippen LogP contribution in [0.3, 0.4) is 0 Å². The number of nitrogens with one attached hydrogen (secondary N) is 1. The van der Waals surface area contributed by atoms with Crippen molar-refractivity contribution >= 4 is 10.9 Å². The van der Waals surface area contributed by atoms with Crippen molar-refractivity contribution in [1.29, 1.82) is 0 Å². The van der Waals surface area contributed by atoms with Crippen LogP contribution in [0.15, 0.2) is 29.3 Å². The highest BCUT2D eigenvalue weighted by Crippen LogP contribution is 2.13. The van der Waals surface area contributed by atoms with Gasteiger partial charge in [0.25, 0.3) is 5.56 Å². The molecule has 4 nitrogen and oxygen atoms in total. The summed E-state index contributed by atoms with van der Waals surface area (Å²) in [4.78, 5) is 16.0. The largest absolute Gasteiger partial charge is 0.313 e. The molecule has 0 aliphatic carbocycles. The predicted octanol–water partition coefficient (Wildman–Crippen LogP) is 0.680. The summed E-state index contributed by atoms with van der Waals surface area (Å²) in [7, 11) is 0. The standard InChI is InChI=1S/C11H10FN3O/c12-9-3-1-2-8-10(9)14-6-15(11(8)16)7-4-13-5-7/h1-3,6-7,13H,4-5H2. The maximum absolute atomic E-state index is 13.4. The zero-order chi connectivity index (χ0) is 11.1. The molecule has 0 bridgehead atoms. The molecule has 0 saturated carbocycles. The minimum Gasteiger partial charge on any atom is -0.313 e. The summed E-state index contributed by atoms with van der Waals surface area (Å²) in [5, 5.41) is 3.43. The number of aromatic nitrogens is 2. The molecule has 2 aromatic rings. The van der Waals surface area contributed by atoms with Gasteiger partial charge in [-0.3, -0.25) is 9.36 Å². The second-order valence-corrected chi connectivity index (χ2v) is 3.91. The molecular formula is C11H10FN3O. The van der Waals surface area contributed by atoms with E-state index in [9.17, 15) is 9.18 Å². The van der Waals surface area contributed by atoms with E-state index in [-0.39, 0.29) is 17.1 Å². The summed E-state index contributed by atoms with van der Waals surface area (Å²) >= 11 is 0. The van der Waals surface area contributed by atoms with Crippen molar-refractivity contribution in [3.8, 4) is 0 Å². The molecule has 0 unspecified atom stereocenters. The summed E-state index contributed by atoms with van der Waals surface area (Å²) in [6.45, 7) is 1.53. The summed E-state index contributed by atoms with van der Waals surface area (Å²) in [5.74, 6) is -0.450. The molecule has 0 radical (unpaired) electrons. The van der Waals surface area contributed by atoms with Crippen molar-refractivity contribution in [2.24, 2.45) is 0 Å². The van der Waals surface area contributed by atoms with Crippen LogP contribution in [-0.2, 0) is 0 Å². The van der Waals surface area contributed by atoms with Crippen molar-refractivity contribution in [3.05, 3.63) is 40.7 Å². The Morgan fingerprint density at radius 3 is 2.94 bits per heavy atom. The Morgan fingerprint density at radius 1 is 1.44 bits per heavy atom. The lowest BCUT2D eigenvalue weighted by Gasteiger charge is -2.28. The van der Waals surface area contributed by atoms with Gasteiger partial charge in [0.1, 0.15) is 11.3 Å². The SMILES string of the molecule is O=c1c2cccc(F)c2ncn1C1CNC1. The fourth-order valence-electron chi connectivity index (χ4n) is 1.86. The van der Waals surface area contributed by atoms with Crippen molar-refractivity contribution < 1.29 is 4.39 Å². The third kappa shape index (κ3) is 1.25. The van der Waals surface area contributed by atoms with E-state index in [0.29, 0.717) is 5.39 Å². The third-order valence-electron chi connectivity index (χ3n) is 2.92. The van der Waals surface area contributed by atoms with E-state index in [1.807, 2.05) is 0 Å². The number of nitrogens with zero attached hydrogens (tertiary/aromatic N) is 2. The van der Waals surface area contributed by atoms with Crippen LogP contribution in [-0.4, -0.2) is 22.6 Å². The Hall–Kier alpha value is -1.75. The molecule has 0 amide bonds. The highest BCUT2D eigenvalue weighted by molar-refractivity contribution is 5.77. The zero-order valence-corrected chi connectivity index (χ0v) is 8.48. The quantitative estimate of drug-likeness (QED) is 0.767. The molecule has 1 aliphatic rings. The maximum atomic E-state index is 13.4. The Bertz CT molecular complexity index is 604. The number of para-hydroxylation sites is 1. The minimum absolute atomic E-state index is 0.146. The molecule has 1 saturated heterocycles. The molecule has 3 rings (SSSR count). The van der Waals surface area contributed by atoms with Crippen LogP contribution in [0.25, 0.3) is 10.9 Å². The summed E-state index contributed by atoms with van der Waals surface area (Å²) in [6, 6.07) is 4.59. The van der Waals surface area contributed by atoms with E-state index in [1.54, 1.807) is 10.6 Å². The van der Waals surface area contributed by atoms with Crippen LogP contribution >= 0.6 is 0 Å². The Labute approximate surface area is 90.7 Å². The molecule has 1 aliphatic heterocycles. The Morgan fingerprint density at radius 2 is 2.25 bits per heavy atom. The van der Waals surface area contributed by atoms with Crippen molar-refractivity contribution in [2.75, 3.05) is 13.1 Å². The highest BCUT2D eigenvalue weighted by atomic mass is 19.1. The van der Waals surface area contributed by atoms with Crippen LogP contribution in [0.1, 0.15) is 6.04 Å². The molecule has 0 spiro atoms. The first kappa shape index (κ1) is 9.47. The molecular weight excluding hydrogens is 209 g/mol.